The van der Waals surface area contributed by atoms with E-state index in [2.05, 4.69) is 20.9 Å². The summed E-state index contributed by atoms with van der Waals surface area (Å²) in [6, 6.07) is 15.4. The van der Waals surface area contributed by atoms with Gasteiger partial charge in [0.05, 0.1) is 6.20 Å². The molecule has 1 aliphatic rings. The van der Waals surface area contributed by atoms with Crippen LogP contribution in [0.25, 0.3) is 11.3 Å². The minimum atomic E-state index is -1.03. The number of amides is 3. The van der Waals surface area contributed by atoms with Gasteiger partial charge in [-0.05, 0) is 30.5 Å². The molecule has 0 bridgehead atoms. The quantitative estimate of drug-likeness (QED) is 0.397. The Morgan fingerprint density at radius 3 is 2.68 bits per heavy atom. The predicted octanol–water partition coefficient (Wildman–Crippen LogP) is 1.89. The third kappa shape index (κ3) is 6.90. The van der Waals surface area contributed by atoms with Gasteiger partial charge in [0.1, 0.15) is 31.4 Å². The zero-order valence-electron chi connectivity index (χ0n) is 19.9. The second-order valence-corrected chi connectivity index (χ2v) is 8.43. The fraction of sp³-hybridized carbons (Fsp3) is 0.280. The summed E-state index contributed by atoms with van der Waals surface area (Å²) in [4.78, 5) is 50.0. The molecule has 0 saturated carbocycles. The van der Waals surface area contributed by atoms with E-state index >= 15 is 0 Å². The van der Waals surface area contributed by atoms with Crippen molar-refractivity contribution in [1.82, 2.24) is 25.2 Å². The van der Waals surface area contributed by atoms with Crippen molar-refractivity contribution in [3.8, 4) is 11.3 Å². The maximum atomic E-state index is 13.0. The number of carboxylic acid groups (broad SMARTS) is 1. The lowest BCUT2D eigenvalue weighted by molar-refractivity contribution is -0.138. The second-order valence-electron chi connectivity index (χ2n) is 8.43. The fourth-order valence-electron chi connectivity index (χ4n) is 3.99. The summed E-state index contributed by atoms with van der Waals surface area (Å²) in [7, 11) is 0. The molecule has 3 N–H and O–H groups in total. The van der Waals surface area contributed by atoms with Gasteiger partial charge in [-0.1, -0.05) is 47.7 Å². The lowest BCUT2D eigenvalue weighted by Crippen LogP contribution is -2.47. The first-order chi connectivity index (χ1) is 17.9. The number of ether oxygens (including phenoxy) is 1. The molecule has 0 unspecified atom stereocenters. The Hall–Kier alpha value is -4.74. The molecule has 1 saturated heterocycles. The Morgan fingerprint density at radius 1 is 1.08 bits per heavy atom. The predicted molar refractivity (Wildman–Crippen MR) is 131 cm³/mol. The minimum absolute atomic E-state index is 0.0878. The van der Waals surface area contributed by atoms with Gasteiger partial charge in [-0.3, -0.25) is 14.4 Å². The van der Waals surface area contributed by atoms with Gasteiger partial charge in [-0.2, -0.15) is 0 Å². The van der Waals surface area contributed by atoms with Crippen LogP contribution in [-0.4, -0.2) is 68.0 Å². The Labute approximate surface area is 212 Å². The number of aliphatic carboxylic acids is 1. The standard InChI is InChI=1S/C25H26N6O6/c32-22(13-26-25(36)37-16-17-6-2-1-3-7-17)31-11-5-10-21(31)24(35)27-19-9-4-8-18(12-19)20-14-30(29-28-20)15-23(33)34/h1-4,6-9,12,14,21H,5,10-11,13,15-16H2,(H,26,36)(H,27,35)(H,33,34)/t21-/m0/s1. The van der Waals surface area contributed by atoms with E-state index in [0.717, 1.165) is 5.56 Å². The third-order valence-corrected chi connectivity index (χ3v) is 5.73. The number of hydrogen-bond donors (Lipinski definition) is 3. The Bertz CT molecular complexity index is 1280. The second kappa shape index (κ2) is 11.8. The highest BCUT2D eigenvalue weighted by atomic mass is 16.5. The molecule has 3 aromatic rings. The third-order valence-electron chi connectivity index (χ3n) is 5.73. The normalized spacial score (nSPS) is 14.7. The molecular formula is C25H26N6O6. The van der Waals surface area contributed by atoms with Crippen LogP contribution >= 0.6 is 0 Å². The van der Waals surface area contributed by atoms with Crippen LogP contribution in [0.15, 0.2) is 60.8 Å². The van der Waals surface area contributed by atoms with Crippen molar-refractivity contribution in [2.24, 2.45) is 0 Å². The molecule has 2 aromatic carbocycles. The molecule has 12 nitrogen and oxygen atoms in total. The van der Waals surface area contributed by atoms with E-state index < -0.39 is 18.1 Å². The molecule has 1 fully saturated rings. The van der Waals surface area contributed by atoms with E-state index in [1.807, 2.05) is 30.3 Å². The van der Waals surface area contributed by atoms with Crippen molar-refractivity contribution in [3.63, 3.8) is 0 Å². The number of benzene rings is 2. The van der Waals surface area contributed by atoms with Crippen molar-refractivity contribution in [2.75, 3.05) is 18.4 Å². The number of hydrogen-bond acceptors (Lipinski definition) is 7. The average molecular weight is 507 g/mol. The van der Waals surface area contributed by atoms with Crippen LogP contribution < -0.4 is 10.6 Å². The Morgan fingerprint density at radius 2 is 1.89 bits per heavy atom. The number of alkyl carbamates (subject to hydrolysis) is 1. The molecule has 12 heteroatoms. The van der Waals surface area contributed by atoms with Gasteiger partial charge in [-0.15, -0.1) is 5.10 Å². The number of carbonyl (C=O) groups is 4. The smallest absolute Gasteiger partial charge is 0.407 e. The van der Waals surface area contributed by atoms with Crippen LogP contribution in [0.3, 0.4) is 0 Å². The minimum Gasteiger partial charge on any atom is -0.480 e. The first kappa shape index (κ1) is 25.4. The summed E-state index contributed by atoms with van der Waals surface area (Å²) in [5.74, 6) is -1.75. The number of aromatic nitrogens is 3. The van der Waals surface area contributed by atoms with E-state index in [0.29, 0.717) is 36.3 Å². The van der Waals surface area contributed by atoms with Crippen molar-refractivity contribution < 1.29 is 29.0 Å². The van der Waals surface area contributed by atoms with Gasteiger partial charge < -0.3 is 25.4 Å². The summed E-state index contributed by atoms with van der Waals surface area (Å²) in [6.07, 6.45) is 1.95. The number of likely N-dealkylation sites (tertiary alicyclic amines) is 1. The summed E-state index contributed by atoms with van der Waals surface area (Å²) in [6.45, 7) is -0.0949. The van der Waals surface area contributed by atoms with Crippen LogP contribution in [-0.2, 0) is 32.3 Å². The number of carboxylic acids is 1. The number of anilines is 1. The van der Waals surface area contributed by atoms with Crippen molar-refractivity contribution >= 4 is 29.6 Å². The van der Waals surface area contributed by atoms with Crippen LogP contribution in [0, 0.1) is 0 Å². The molecule has 1 atom stereocenters. The maximum absolute atomic E-state index is 13.0. The largest absolute Gasteiger partial charge is 0.480 e. The molecule has 0 radical (unpaired) electrons. The van der Waals surface area contributed by atoms with Crippen molar-refractivity contribution in [3.05, 3.63) is 66.4 Å². The summed E-state index contributed by atoms with van der Waals surface area (Å²) >= 11 is 0. The summed E-state index contributed by atoms with van der Waals surface area (Å²) in [5.41, 5.74) is 2.43. The van der Waals surface area contributed by atoms with Gasteiger partial charge in [-0.25, -0.2) is 9.48 Å². The van der Waals surface area contributed by atoms with Crippen molar-refractivity contribution in [1.29, 1.82) is 0 Å². The monoisotopic (exact) mass is 506 g/mol. The summed E-state index contributed by atoms with van der Waals surface area (Å²) < 4.78 is 6.33. The highest BCUT2D eigenvalue weighted by Crippen LogP contribution is 2.23. The average Bonchev–Trinajstić information content (AvgIpc) is 3.57. The van der Waals surface area contributed by atoms with Gasteiger partial charge in [0.2, 0.25) is 11.8 Å². The SMILES string of the molecule is O=C(O)Cn1cc(-c2cccc(NC(=O)[C@@H]3CCCN3C(=O)CNC(=O)OCc3ccccc3)c2)nn1. The summed E-state index contributed by atoms with van der Waals surface area (Å²) in [5, 5.41) is 21.9. The number of carbonyl (C=O) groups excluding carboxylic acids is 3. The topological polar surface area (TPSA) is 156 Å². The van der Waals surface area contributed by atoms with E-state index in [-0.39, 0.29) is 31.5 Å². The van der Waals surface area contributed by atoms with Crippen molar-refractivity contribution in [2.45, 2.75) is 32.0 Å². The lowest BCUT2D eigenvalue weighted by Gasteiger charge is -2.24. The van der Waals surface area contributed by atoms with Crippen LogP contribution in [0.5, 0.6) is 0 Å². The zero-order chi connectivity index (χ0) is 26.2. The molecule has 1 aromatic heterocycles. The molecule has 4 rings (SSSR count). The molecule has 1 aliphatic heterocycles. The van der Waals surface area contributed by atoms with Gasteiger partial charge in [0.25, 0.3) is 0 Å². The molecule has 0 spiro atoms. The van der Waals surface area contributed by atoms with E-state index in [1.165, 1.54) is 15.8 Å². The maximum Gasteiger partial charge on any atom is 0.407 e. The molecule has 37 heavy (non-hydrogen) atoms. The van der Waals surface area contributed by atoms with Gasteiger partial charge in [0.15, 0.2) is 0 Å². The molecule has 192 valence electrons. The van der Waals surface area contributed by atoms with E-state index in [9.17, 15) is 19.2 Å². The van der Waals surface area contributed by atoms with Gasteiger partial charge >= 0.3 is 12.1 Å². The van der Waals surface area contributed by atoms with Crippen LogP contribution in [0.1, 0.15) is 18.4 Å². The zero-order valence-corrected chi connectivity index (χ0v) is 19.9. The van der Waals surface area contributed by atoms with Gasteiger partial charge in [0, 0.05) is 17.8 Å². The van der Waals surface area contributed by atoms with E-state index in [1.54, 1.807) is 24.3 Å². The van der Waals surface area contributed by atoms with Crippen LogP contribution in [0.4, 0.5) is 10.5 Å². The number of rotatable bonds is 9. The molecule has 3 amide bonds. The molecule has 2 heterocycles. The number of nitrogens with zero attached hydrogens (tertiary/aromatic N) is 4. The lowest BCUT2D eigenvalue weighted by atomic mass is 10.1. The Balaban J connectivity index is 1.30. The highest BCUT2D eigenvalue weighted by Gasteiger charge is 2.34. The van der Waals surface area contributed by atoms with E-state index in [4.69, 9.17) is 9.84 Å². The fourth-order valence-corrected chi connectivity index (χ4v) is 3.99. The molecular weight excluding hydrogens is 480 g/mol. The first-order valence-corrected chi connectivity index (χ1v) is 11.7. The Kier molecular flexibility index (Phi) is 8.08. The number of nitrogens with one attached hydrogen (secondary N) is 2. The molecule has 0 aliphatic carbocycles. The highest BCUT2D eigenvalue weighted by molar-refractivity contribution is 5.98. The van der Waals surface area contributed by atoms with Crippen LogP contribution in [0.2, 0.25) is 0 Å². The first-order valence-electron chi connectivity index (χ1n) is 11.7.